The van der Waals surface area contributed by atoms with Crippen LogP contribution in [0.1, 0.15) is 63.0 Å². The summed E-state index contributed by atoms with van der Waals surface area (Å²) >= 11 is 6.47. The SMILES string of the molecule is CC(=O)N1CCC(C(=O)N(CCCN2C3CCC2CC(NC(=O)Cc2ccccc2O)C3)c2ccc(C)c(Cl)c2)CC1. The molecule has 0 radical (unpaired) electrons. The van der Waals surface area contributed by atoms with Crippen molar-refractivity contribution in [3.05, 3.63) is 58.6 Å². The molecule has 3 heterocycles. The monoisotopic (exact) mass is 594 g/mol. The average molecular weight is 595 g/mol. The number of anilines is 1. The molecule has 2 N–H and O–H groups in total. The Bertz CT molecular complexity index is 1280. The van der Waals surface area contributed by atoms with Crippen molar-refractivity contribution in [2.45, 2.75) is 83.3 Å². The van der Waals surface area contributed by atoms with E-state index in [-0.39, 0.29) is 41.9 Å². The number of benzene rings is 2. The Morgan fingerprint density at radius 2 is 1.71 bits per heavy atom. The minimum Gasteiger partial charge on any atom is -0.508 e. The van der Waals surface area contributed by atoms with Crippen LogP contribution >= 0.6 is 11.6 Å². The molecule has 3 fully saturated rings. The third-order valence-corrected chi connectivity index (χ3v) is 9.82. The van der Waals surface area contributed by atoms with Crippen LogP contribution in [0.25, 0.3) is 0 Å². The molecule has 3 aliphatic heterocycles. The number of rotatable bonds is 9. The summed E-state index contributed by atoms with van der Waals surface area (Å²) in [5, 5.41) is 13.9. The maximum absolute atomic E-state index is 13.8. The van der Waals surface area contributed by atoms with E-state index in [2.05, 4.69) is 10.2 Å². The number of nitrogens with zero attached hydrogens (tertiary/aromatic N) is 3. The molecule has 9 heteroatoms. The minimum absolute atomic E-state index is 0.0469. The molecular formula is C33H43ClN4O4. The Morgan fingerprint density at radius 1 is 1.02 bits per heavy atom. The van der Waals surface area contributed by atoms with Gasteiger partial charge in [0.25, 0.3) is 0 Å². The Morgan fingerprint density at radius 3 is 2.36 bits per heavy atom. The predicted octanol–water partition coefficient (Wildman–Crippen LogP) is 4.69. The third kappa shape index (κ3) is 7.09. The molecule has 2 unspecified atom stereocenters. The number of aromatic hydroxyl groups is 1. The van der Waals surface area contributed by atoms with Gasteiger partial charge in [-0.1, -0.05) is 35.9 Å². The summed E-state index contributed by atoms with van der Waals surface area (Å²) < 4.78 is 0. The zero-order valence-electron chi connectivity index (χ0n) is 24.7. The smallest absolute Gasteiger partial charge is 0.230 e. The topological polar surface area (TPSA) is 93.2 Å². The molecule has 0 aliphatic carbocycles. The first-order valence-electron chi connectivity index (χ1n) is 15.3. The Hall–Kier alpha value is -3.10. The zero-order valence-corrected chi connectivity index (χ0v) is 25.5. The second kappa shape index (κ2) is 13.5. The van der Waals surface area contributed by atoms with E-state index in [0.29, 0.717) is 55.1 Å². The first-order chi connectivity index (χ1) is 20.2. The normalized spacial score (nSPS) is 22.6. The number of phenols is 1. The number of aryl methyl sites for hydroxylation is 1. The number of likely N-dealkylation sites (tertiary alicyclic amines) is 1. The third-order valence-electron chi connectivity index (χ3n) is 9.41. The standard InChI is InChI=1S/C33H43ClN4O4/c1-22-8-9-29(21-30(22)34)38(33(42)24-12-16-36(17-13-24)23(2)39)15-5-14-37-27-10-11-28(37)20-26(19-27)35-32(41)18-25-6-3-4-7-31(25)40/h3-4,6-9,21,24,26-28,40H,5,10-20H2,1-2H3,(H,35,41). The van der Waals surface area contributed by atoms with Gasteiger partial charge in [0.15, 0.2) is 0 Å². The maximum Gasteiger partial charge on any atom is 0.230 e. The average Bonchev–Trinajstić information content (AvgIpc) is 3.20. The van der Waals surface area contributed by atoms with Crippen molar-refractivity contribution in [1.29, 1.82) is 0 Å². The van der Waals surface area contributed by atoms with E-state index in [1.165, 1.54) is 0 Å². The molecule has 5 rings (SSSR count). The first kappa shape index (κ1) is 30.4. The number of phenolic OH excluding ortho intramolecular Hbond substituents is 1. The molecule has 3 saturated heterocycles. The second-order valence-corrected chi connectivity index (χ2v) is 12.6. The van der Waals surface area contributed by atoms with E-state index in [1.54, 1.807) is 25.1 Å². The molecule has 3 aliphatic rings. The second-order valence-electron chi connectivity index (χ2n) is 12.2. The van der Waals surface area contributed by atoms with Crippen LogP contribution in [0.2, 0.25) is 5.02 Å². The summed E-state index contributed by atoms with van der Waals surface area (Å²) in [6, 6.07) is 13.8. The fraction of sp³-hybridized carbons (Fsp3) is 0.545. The van der Waals surface area contributed by atoms with Crippen molar-refractivity contribution in [2.75, 3.05) is 31.1 Å². The van der Waals surface area contributed by atoms with Crippen LogP contribution in [-0.4, -0.2) is 76.9 Å². The Kier molecular flexibility index (Phi) is 9.74. The van der Waals surface area contributed by atoms with Crippen molar-refractivity contribution in [1.82, 2.24) is 15.1 Å². The van der Waals surface area contributed by atoms with Gasteiger partial charge in [-0.3, -0.25) is 19.3 Å². The highest BCUT2D eigenvalue weighted by molar-refractivity contribution is 6.31. The number of carbonyl (C=O) groups is 3. The number of amides is 3. The largest absolute Gasteiger partial charge is 0.508 e. The van der Waals surface area contributed by atoms with E-state index in [1.807, 2.05) is 41.0 Å². The van der Waals surface area contributed by atoms with Gasteiger partial charge in [0.1, 0.15) is 5.75 Å². The fourth-order valence-corrected chi connectivity index (χ4v) is 7.23. The van der Waals surface area contributed by atoms with Crippen molar-refractivity contribution in [3.63, 3.8) is 0 Å². The number of para-hydroxylation sites is 1. The fourth-order valence-electron chi connectivity index (χ4n) is 7.06. The number of hydrogen-bond donors (Lipinski definition) is 2. The number of fused-ring (bicyclic) bond motifs is 2. The van der Waals surface area contributed by atoms with Crippen molar-refractivity contribution in [2.24, 2.45) is 5.92 Å². The van der Waals surface area contributed by atoms with Crippen LogP contribution in [0.4, 0.5) is 5.69 Å². The van der Waals surface area contributed by atoms with E-state index in [4.69, 9.17) is 11.6 Å². The Balaban J connectivity index is 1.17. The molecule has 3 amide bonds. The summed E-state index contributed by atoms with van der Waals surface area (Å²) in [5.74, 6) is 0.191. The van der Waals surface area contributed by atoms with Gasteiger partial charge in [-0.15, -0.1) is 0 Å². The molecule has 2 aromatic rings. The molecule has 226 valence electrons. The molecule has 0 saturated carbocycles. The van der Waals surface area contributed by atoms with Gasteiger partial charge < -0.3 is 20.2 Å². The van der Waals surface area contributed by atoms with Crippen LogP contribution in [0.3, 0.4) is 0 Å². The van der Waals surface area contributed by atoms with Gasteiger partial charge in [-0.25, -0.2) is 0 Å². The van der Waals surface area contributed by atoms with Gasteiger partial charge in [0.2, 0.25) is 17.7 Å². The van der Waals surface area contributed by atoms with Crippen molar-refractivity contribution >= 4 is 35.0 Å². The molecule has 2 atom stereocenters. The van der Waals surface area contributed by atoms with Crippen LogP contribution < -0.4 is 10.2 Å². The van der Waals surface area contributed by atoms with Gasteiger partial charge in [0.05, 0.1) is 6.42 Å². The highest BCUT2D eigenvalue weighted by Crippen LogP contribution is 2.36. The number of halogens is 1. The molecular weight excluding hydrogens is 552 g/mol. The lowest BCUT2D eigenvalue weighted by molar-refractivity contribution is -0.133. The van der Waals surface area contributed by atoms with E-state index >= 15 is 0 Å². The molecule has 42 heavy (non-hydrogen) atoms. The van der Waals surface area contributed by atoms with Crippen molar-refractivity contribution < 1.29 is 19.5 Å². The van der Waals surface area contributed by atoms with E-state index in [9.17, 15) is 19.5 Å². The summed E-state index contributed by atoms with van der Waals surface area (Å²) in [6.45, 7) is 6.30. The summed E-state index contributed by atoms with van der Waals surface area (Å²) in [4.78, 5) is 44.6. The lowest BCUT2D eigenvalue weighted by Gasteiger charge is -2.40. The summed E-state index contributed by atoms with van der Waals surface area (Å²) in [7, 11) is 0. The quantitative estimate of drug-likeness (QED) is 0.439. The number of carbonyl (C=O) groups excluding carboxylic acids is 3. The number of nitrogens with one attached hydrogen (secondary N) is 1. The summed E-state index contributed by atoms with van der Waals surface area (Å²) in [5.41, 5.74) is 2.46. The van der Waals surface area contributed by atoms with E-state index in [0.717, 1.165) is 49.9 Å². The zero-order chi connectivity index (χ0) is 29.8. The Labute approximate surface area is 254 Å². The lowest BCUT2D eigenvalue weighted by atomic mass is 9.94. The number of piperidine rings is 2. The van der Waals surface area contributed by atoms with Crippen LogP contribution in [0.5, 0.6) is 5.75 Å². The molecule has 0 aromatic heterocycles. The summed E-state index contributed by atoms with van der Waals surface area (Å²) in [6.07, 6.45) is 6.50. The van der Waals surface area contributed by atoms with Crippen LogP contribution in [0.15, 0.2) is 42.5 Å². The van der Waals surface area contributed by atoms with Gasteiger partial charge in [0, 0.05) is 73.4 Å². The molecule has 0 spiro atoms. The molecule has 2 bridgehead atoms. The van der Waals surface area contributed by atoms with E-state index < -0.39 is 0 Å². The van der Waals surface area contributed by atoms with Crippen molar-refractivity contribution in [3.8, 4) is 5.75 Å². The molecule has 8 nitrogen and oxygen atoms in total. The van der Waals surface area contributed by atoms with Gasteiger partial charge in [-0.05, 0) is 75.6 Å². The highest BCUT2D eigenvalue weighted by atomic mass is 35.5. The van der Waals surface area contributed by atoms with Gasteiger partial charge in [-0.2, -0.15) is 0 Å². The highest BCUT2D eigenvalue weighted by Gasteiger charge is 2.41. The predicted molar refractivity (Wildman–Crippen MR) is 165 cm³/mol. The van der Waals surface area contributed by atoms with Gasteiger partial charge >= 0.3 is 0 Å². The van der Waals surface area contributed by atoms with Crippen LogP contribution in [-0.2, 0) is 20.8 Å². The molecule has 2 aromatic carbocycles. The first-order valence-corrected chi connectivity index (χ1v) is 15.7. The lowest BCUT2D eigenvalue weighted by Crippen LogP contribution is -2.51. The maximum atomic E-state index is 13.8. The number of hydrogen-bond acceptors (Lipinski definition) is 5. The minimum atomic E-state index is -0.103. The van der Waals surface area contributed by atoms with Crippen LogP contribution in [0, 0.1) is 12.8 Å².